The van der Waals surface area contributed by atoms with E-state index < -0.39 is 0 Å². The van der Waals surface area contributed by atoms with Gasteiger partial charge in [-0.3, -0.25) is 9.78 Å². The molecule has 0 aliphatic rings. The number of hydrogen-bond acceptors (Lipinski definition) is 6. The molecule has 2 aromatic heterocycles. The molecule has 0 unspecified atom stereocenters. The zero-order chi connectivity index (χ0) is 20.8. The van der Waals surface area contributed by atoms with Crippen LogP contribution in [0.2, 0.25) is 0 Å². The minimum atomic E-state index is -0.170. The second kappa shape index (κ2) is 9.28. The second-order valence-corrected chi connectivity index (χ2v) is 6.82. The predicted octanol–water partition coefficient (Wildman–Crippen LogP) is 4.35. The summed E-state index contributed by atoms with van der Waals surface area (Å²) in [4.78, 5) is 28.9. The maximum absolute atomic E-state index is 12.7. The van der Waals surface area contributed by atoms with E-state index in [0.29, 0.717) is 23.0 Å². The highest BCUT2D eigenvalue weighted by atomic mass is 16.5. The molecule has 7 nitrogen and oxygen atoms in total. The molecule has 0 spiro atoms. The monoisotopic (exact) mass is 402 g/mol. The number of hydrogen-bond donors (Lipinski definition) is 1. The van der Waals surface area contributed by atoms with Crippen molar-refractivity contribution in [2.45, 2.75) is 19.3 Å². The number of aromatic nitrogens is 4. The van der Waals surface area contributed by atoms with E-state index in [1.807, 2.05) is 24.3 Å². The Morgan fingerprint density at radius 1 is 1.00 bits per heavy atom. The van der Waals surface area contributed by atoms with Gasteiger partial charge >= 0.3 is 0 Å². The van der Waals surface area contributed by atoms with Crippen LogP contribution in [0.3, 0.4) is 0 Å². The van der Waals surface area contributed by atoms with Gasteiger partial charge in [0.15, 0.2) is 5.82 Å². The average molecular weight is 402 g/mol. The molecule has 0 aliphatic carbocycles. The van der Waals surface area contributed by atoms with Crippen LogP contribution in [0, 0.1) is 0 Å². The van der Waals surface area contributed by atoms with Gasteiger partial charge in [0.05, 0.1) is 11.0 Å². The standard InChI is InChI=1S/C23H22N4O3/c1-29-15-5-4-8-20-23(25-14-13-24-20)30-17-11-9-16(10-12-17)21(28)22-26-18-6-2-3-7-19(18)27-22/h2-3,6-7,9-14H,4-5,8,15H2,1H3,(H,26,27). The Morgan fingerprint density at radius 2 is 1.80 bits per heavy atom. The molecule has 7 heteroatoms. The van der Waals surface area contributed by atoms with E-state index in [0.717, 1.165) is 42.6 Å². The normalized spacial score (nSPS) is 11.0. The van der Waals surface area contributed by atoms with E-state index in [1.54, 1.807) is 43.8 Å². The lowest BCUT2D eigenvalue weighted by atomic mass is 10.1. The third-order valence-electron chi connectivity index (χ3n) is 4.68. The highest BCUT2D eigenvalue weighted by Crippen LogP contribution is 2.24. The summed E-state index contributed by atoms with van der Waals surface area (Å²) in [5.41, 5.74) is 2.93. The van der Waals surface area contributed by atoms with E-state index in [-0.39, 0.29) is 5.78 Å². The molecule has 0 atom stereocenters. The number of aromatic amines is 1. The summed E-state index contributed by atoms with van der Waals surface area (Å²) >= 11 is 0. The van der Waals surface area contributed by atoms with Crippen molar-refractivity contribution in [2.75, 3.05) is 13.7 Å². The Labute approximate surface area is 174 Å². The molecule has 0 amide bonds. The third-order valence-corrected chi connectivity index (χ3v) is 4.68. The number of rotatable bonds is 9. The van der Waals surface area contributed by atoms with E-state index in [2.05, 4.69) is 19.9 Å². The minimum absolute atomic E-state index is 0.170. The number of methoxy groups -OCH3 is 1. The van der Waals surface area contributed by atoms with Crippen molar-refractivity contribution in [3.8, 4) is 11.6 Å². The molecule has 0 saturated carbocycles. The van der Waals surface area contributed by atoms with E-state index >= 15 is 0 Å². The van der Waals surface area contributed by atoms with Crippen LogP contribution in [0.15, 0.2) is 60.9 Å². The molecule has 0 fully saturated rings. The van der Waals surface area contributed by atoms with Gasteiger partial charge in [-0.25, -0.2) is 9.97 Å². The number of aryl methyl sites for hydroxylation is 1. The molecule has 4 rings (SSSR count). The van der Waals surface area contributed by atoms with Crippen LogP contribution in [0.25, 0.3) is 11.0 Å². The Kier molecular flexibility index (Phi) is 6.10. The van der Waals surface area contributed by atoms with Crippen molar-refractivity contribution in [3.63, 3.8) is 0 Å². The van der Waals surface area contributed by atoms with Crippen LogP contribution in [0.5, 0.6) is 11.6 Å². The first kappa shape index (κ1) is 19.7. The van der Waals surface area contributed by atoms with Crippen molar-refractivity contribution < 1.29 is 14.3 Å². The lowest BCUT2D eigenvalue weighted by Crippen LogP contribution is -2.03. The summed E-state index contributed by atoms with van der Waals surface area (Å²) < 4.78 is 11.0. The molecular weight excluding hydrogens is 380 g/mol. The molecule has 2 aromatic carbocycles. The fourth-order valence-corrected chi connectivity index (χ4v) is 3.13. The van der Waals surface area contributed by atoms with Gasteiger partial charge < -0.3 is 14.5 Å². The average Bonchev–Trinajstić information content (AvgIpc) is 3.22. The van der Waals surface area contributed by atoms with Gasteiger partial charge in [0.1, 0.15) is 11.4 Å². The number of benzene rings is 2. The summed E-state index contributed by atoms with van der Waals surface area (Å²) in [6, 6.07) is 14.5. The number of ketones is 1. The first-order chi connectivity index (χ1) is 14.7. The molecule has 4 aromatic rings. The summed E-state index contributed by atoms with van der Waals surface area (Å²) in [7, 11) is 1.69. The van der Waals surface area contributed by atoms with Crippen molar-refractivity contribution in [2.24, 2.45) is 0 Å². The molecule has 152 valence electrons. The third kappa shape index (κ3) is 4.52. The molecule has 0 aliphatic heterocycles. The number of nitrogens with zero attached hydrogens (tertiary/aromatic N) is 3. The molecule has 0 bridgehead atoms. The van der Waals surface area contributed by atoms with Gasteiger partial charge in [0, 0.05) is 31.7 Å². The maximum Gasteiger partial charge on any atom is 0.241 e. The first-order valence-corrected chi connectivity index (χ1v) is 9.81. The summed E-state index contributed by atoms with van der Waals surface area (Å²) in [5.74, 6) is 1.22. The number of fused-ring (bicyclic) bond motifs is 1. The summed E-state index contributed by atoms with van der Waals surface area (Å²) in [6.07, 6.45) is 5.91. The van der Waals surface area contributed by atoms with Crippen LogP contribution in [0.4, 0.5) is 0 Å². The molecule has 0 saturated heterocycles. The number of ether oxygens (including phenoxy) is 2. The number of carbonyl (C=O) groups excluding carboxylic acids is 1. The molecule has 0 radical (unpaired) electrons. The predicted molar refractivity (Wildman–Crippen MR) is 113 cm³/mol. The molecule has 2 heterocycles. The second-order valence-electron chi connectivity index (χ2n) is 6.82. The van der Waals surface area contributed by atoms with Crippen LogP contribution in [-0.2, 0) is 11.2 Å². The van der Waals surface area contributed by atoms with Crippen LogP contribution < -0.4 is 4.74 Å². The van der Waals surface area contributed by atoms with E-state index in [1.165, 1.54) is 0 Å². The van der Waals surface area contributed by atoms with Gasteiger partial charge in [0.2, 0.25) is 11.7 Å². The molecular formula is C23H22N4O3. The Hall–Kier alpha value is -3.58. The number of H-pyrrole nitrogens is 1. The highest BCUT2D eigenvalue weighted by Gasteiger charge is 2.14. The zero-order valence-corrected chi connectivity index (χ0v) is 16.7. The summed E-state index contributed by atoms with van der Waals surface area (Å²) in [6.45, 7) is 0.719. The maximum atomic E-state index is 12.7. The lowest BCUT2D eigenvalue weighted by molar-refractivity contribution is 0.103. The van der Waals surface area contributed by atoms with Crippen LogP contribution >= 0.6 is 0 Å². The first-order valence-electron chi connectivity index (χ1n) is 9.81. The smallest absolute Gasteiger partial charge is 0.241 e. The Bertz CT molecular complexity index is 1110. The van der Waals surface area contributed by atoms with Crippen molar-refractivity contribution >= 4 is 16.8 Å². The van der Waals surface area contributed by atoms with Crippen molar-refractivity contribution in [1.82, 2.24) is 19.9 Å². The largest absolute Gasteiger partial charge is 0.437 e. The highest BCUT2D eigenvalue weighted by molar-refractivity contribution is 6.08. The van der Waals surface area contributed by atoms with Gasteiger partial charge in [-0.05, 0) is 55.7 Å². The van der Waals surface area contributed by atoms with Crippen LogP contribution in [0.1, 0.15) is 34.7 Å². The fraction of sp³-hybridized carbons (Fsp3) is 0.217. The van der Waals surface area contributed by atoms with Gasteiger partial charge in [-0.1, -0.05) is 12.1 Å². The minimum Gasteiger partial charge on any atom is -0.437 e. The fourth-order valence-electron chi connectivity index (χ4n) is 3.13. The summed E-state index contributed by atoms with van der Waals surface area (Å²) in [5, 5.41) is 0. The van der Waals surface area contributed by atoms with Crippen molar-refractivity contribution in [1.29, 1.82) is 0 Å². The Morgan fingerprint density at radius 3 is 2.60 bits per heavy atom. The van der Waals surface area contributed by atoms with E-state index in [9.17, 15) is 4.79 Å². The number of carbonyl (C=O) groups is 1. The number of unbranched alkanes of at least 4 members (excludes halogenated alkanes) is 1. The van der Waals surface area contributed by atoms with Crippen LogP contribution in [-0.4, -0.2) is 39.4 Å². The quantitative estimate of drug-likeness (QED) is 0.331. The van der Waals surface area contributed by atoms with Crippen molar-refractivity contribution in [3.05, 3.63) is 78.0 Å². The van der Waals surface area contributed by atoms with Gasteiger partial charge in [-0.15, -0.1) is 0 Å². The molecule has 30 heavy (non-hydrogen) atoms. The van der Waals surface area contributed by atoms with E-state index in [4.69, 9.17) is 9.47 Å². The number of imidazole rings is 1. The van der Waals surface area contributed by atoms with Gasteiger partial charge in [-0.2, -0.15) is 0 Å². The molecule has 1 N–H and O–H groups in total. The lowest BCUT2D eigenvalue weighted by Gasteiger charge is -2.09. The zero-order valence-electron chi connectivity index (χ0n) is 16.7. The topological polar surface area (TPSA) is 90.0 Å². The Balaban J connectivity index is 1.46. The SMILES string of the molecule is COCCCCc1nccnc1Oc1ccc(C(=O)c2nc3ccccc3[nH]2)cc1. The number of nitrogens with one attached hydrogen (secondary N) is 1. The number of para-hydroxylation sites is 2. The van der Waals surface area contributed by atoms with Gasteiger partial charge in [0.25, 0.3) is 0 Å².